The summed E-state index contributed by atoms with van der Waals surface area (Å²) in [5.41, 5.74) is 0.812. The number of hydrogen-bond acceptors (Lipinski definition) is 6. The van der Waals surface area contributed by atoms with E-state index >= 15 is 0 Å². The third-order valence-electron chi connectivity index (χ3n) is 5.48. The van der Waals surface area contributed by atoms with Crippen LogP contribution < -0.4 is 16.0 Å². The Kier molecular flexibility index (Phi) is 11.0. The van der Waals surface area contributed by atoms with Crippen molar-refractivity contribution in [2.24, 2.45) is 11.8 Å². The zero-order chi connectivity index (χ0) is 25.8. The first-order valence-corrected chi connectivity index (χ1v) is 11.5. The molecule has 0 aliphatic carbocycles. The van der Waals surface area contributed by atoms with Gasteiger partial charge in [0.2, 0.25) is 5.91 Å². The predicted octanol–water partition coefficient (Wildman–Crippen LogP) is 1.45. The maximum atomic E-state index is 12.4. The molecule has 0 saturated carbocycles. The molecular weight excluding hydrogens is 454 g/mol. The fourth-order valence-electron chi connectivity index (χ4n) is 3.68. The molecule has 0 spiro atoms. The van der Waals surface area contributed by atoms with Crippen LogP contribution in [0.3, 0.4) is 0 Å². The maximum Gasteiger partial charge on any atom is 0.326 e. The minimum absolute atomic E-state index is 0.00275. The number of hydrogen-bond donors (Lipinski definition) is 5. The summed E-state index contributed by atoms with van der Waals surface area (Å²) < 4.78 is 5.06. The number of aliphatic hydroxyl groups excluding tert-OH is 1. The molecule has 0 aliphatic rings. The second-order valence-corrected chi connectivity index (χ2v) is 8.46. The van der Waals surface area contributed by atoms with Gasteiger partial charge < -0.3 is 30.9 Å². The fraction of sp³-hybridized carbons (Fsp3) is 0.440. The molecule has 0 bridgehead atoms. The number of benzene rings is 2. The van der Waals surface area contributed by atoms with Crippen molar-refractivity contribution < 1.29 is 34.1 Å². The summed E-state index contributed by atoms with van der Waals surface area (Å²) in [7, 11) is 0. The van der Waals surface area contributed by atoms with Gasteiger partial charge in [0.05, 0.1) is 19.1 Å². The number of rotatable bonds is 13. The zero-order valence-corrected chi connectivity index (χ0v) is 20.0. The summed E-state index contributed by atoms with van der Waals surface area (Å²) in [5, 5.41) is 28.7. The van der Waals surface area contributed by atoms with Gasteiger partial charge in [-0.2, -0.15) is 0 Å². The van der Waals surface area contributed by atoms with Gasteiger partial charge in [-0.1, -0.05) is 49.4 Å². The lowest BCUT2D eigenvalue weighted by molar-refractivity contribution is -0.150. The highest BCUT2D eigenvalue weighted by atomic mass is 16.5. The molecule has 10 nitrogen and oxygen atoms in total. The number of carbonyl (C=O) groups is 4. The summed E-state index contributed by atoms with van der Waals surface area (Å²) in [5.74, 6) is -2.94. The molecule has 2 rings (SSSR count). The average Bonchev–Trinajstić information content (AvgIpc) is 2.83. The first kappa shape index (κ1) is 27.6. The van der Waals surface area contributed by atoms with E-state index in [-0.39, 0.29) is 44.4 Å². The first-order chi connectivity index (χ1) is 16.7. The number of fused-ring (bicyclic) bond motifs is 1. The van der Waals surface area contributed by atoms with Crippen molar-refractivity contribution >= 4 is 34.6 Å². The van der Waals surface area contributed by atoms with Crippen LogP contribution in [-0.2, 0) is 25.5 Å². The highest BCUT2D eigenvalue weighted by Gasteiger charge is 2.24. The Hall–Kier alpha value is -3.66. The molecule has 3 atom stereocenters. The van der Waals surface area contributed by atoms with Crippen LogP contribution in [0.1, 0.15) is 25.8 Å². The largest absolute Gasteiger partial charge is 0.480 e. The van der Waals surface area contributed by atoms with Gasteiger partial charge in [0, 0.05) is 19.9 Å². The quantitative estimate of drug-likeness (QED) is 0.212. The van der Waals surface area contributed by atoms with Crippen molar-refractivity contribution in [2.45, 2.75) is 32.7 Å². The average molecular weight is 488 g/mol. The Morgan fingerprint density at radius 3 is 2.43 bits per heavy atom. The lowest BCUT2D eigenvalue weighted by atomic mass is 9.96. The number of urea groups is 1. The molecular formula is C25H33N3O7. The number of carboxylic acids is 1. The van der Waals surface area contributed by atoms with Crippen molar-refractivity contribution in [3.05, 3.63) is 48.0 Å². The summed E-state index contributed by atoms with van der Waals surface area (Å²) in [6, 6.07) is 11.5. The Morgan fingerprint density at radius 1 is 1.03 bits per heavy atom. The number of amides is 3. The van der Waals surface area contributed by atoms with Crippen LogP contribution in [0.5, 0.6) is 0 Å². The molecule has 0 aliphatic heterocycles. The van der Waals surface area contributed by atoms with E-state index in [1.807, 2.05) is 42.5 Å². The van der Waals surface area contributed by atoms with Crippen LogP contribution in [0.4, 0.5) is 4.79 Å². The minimum atomic E-state index is -1.15. The second-order valence-electron chi connectivity index (χ2n) is 8.46. The number of carbonyl (C=O) groups excluding carboxylic acids is 3. The van der Waals surface area contributed by atoms with E-state index in [1.165, 1.54) is 6.92 Å². The monoisotopic (exact) mass is 487 g/mol. The van der Waals surface area contributed by atoms with E-state index in [4.69, 9.17) is 4.74 Å². The van der Waals surface area contributed by atoms with Crippen LogP contribution in [0.25, 0.3) is 10.8 Å². The van der Waals surface area contributed by atoms with Gasteiger partial charge in [-0.15, -0.1) is 0 Å². The Morgan fingerprint density at radius 2 is 1.74 bits per heavy atom. The van der Waals surface area contributed by atoms with Gasteiger partial charge in [0.25, 0.3) is 0 Å². The standard InChI is InChI=1S/C25H33N3O7/c1-16(12-20(15-29)24(33)35-11-10-26-17(2)30)14-27-25(34)28-22(23(31)32)13-19-8-5-7-18-6-3-4-9-21(18)19/h3-9,16,20,22,29H,10-15H2,1-2H3,(H,26,30)(H,31,32)(H2,27,28,34)/t16-,20-,22-/m0/s1. The SMILES string of the molecule is CC(=O)NCCOC(=O)[C@H](CO)C[C@H](C)CNC(=O)N[C@@H](Cc1cccc2ccccc12)C(=O)O. The second kappa shape index (κ2) is 13.9. The fourth-order valence-corrected chi connectivity index (χ4v) is 3.68. The zero-order valence-electron chi connectivity index (χ0n) is 20.0. The van der Waals surface area contributed by atoms with Gasteiger partial charge in [0.1, 0.15) is 12.6 Å². The summed E-state index contributed by atoms with van der Waals surface area (Å²) in [4.78, 5) is 47.1. The Balaban J connectivity index is 1.84. The molecule has 5 N–H and O–H groups in total. The van der Waals surface area contributed by atoms with Gasteiger partial charge in [0.15, 0.2) is 0 Å². The van der Waals surface area contributed by atoms with Crippen LogP contribution in [0.2, 0.25) is 0 Å². The van der Waals surface area contributed by atoms with E-state index in [0.29, 0.717) is 0 Å². The minimum Gasteiger partial charge on any atom is -0.480 e. The maximum absolute atomic E-state index is 12.4. The molecule has 0 heterocycles. The molecule has 10 heteroatoms. The topological polar surface area (TPSA) is 154 Å². The molecule has 35 heavy (non-hydrogen) atoms. The predicted molar refractivity (Wildman–Crippen MR) is 130 cm³/mol. The third-order valence-corrected chi connectivity index (χ3v) is 5.48. The van der Waals surface area contributed by atoms with Crippen molar-refractivity contribution in [1.29, 1.82) is 0 Å². The van der Waals surface area contributed by atoms with Crippen LogP contribution in [0.15, 0.2) is 42.5 Å². The molecule has 190 valence electrons. The molecule has 3 amide bonds. The number of aliphatic hydroxyl groups is 1. The molecule has 0 saturated heterocycles. The van der Waals surface area contributed by atoms with E-state index in [2.05, 4.69) is 16.0 Å². The van der Waals surface area contributed by atoms with Crippen molar-refractivity contribution in [3.63, 3.8) is 0 Å². The summed E-state index contributed by atoms with van der Waals surface area (Å²) >= 11 is 0. The molecule has 0 radical (unpaired) electrons. The Labute approximate surface area is 204 Å². The van der Waals surface area contributed by atoms with E-state index in [0.717, 1.165) is 16.3 Å². The normalized spacial score (nSPS) is 13.3. The molecule has 2 aromatic rings. The number of ether oxygens (including phenoxy) is 1. The first-order valence-electron chi connectivity index (χ1n) is 11.5. The highest BCUT2D eigenvalue weighted by Crippen LogP contribution is 2.20. The van der Waals surface area contributed by atoms with Crippen molar-refractivity contribution in [1.82, 2.24) is 16.0 Å². The summed E-state index contributed by atoms with van der Waals surface area (Å²) in [6.45, 7) is 3.07. The van der Waals surface area contributed by atoms with Crippen LogP contribution in [-0.4, -0.2) is 66.4 Å². The smallest absolute Gasteiger partial charge is 0.326 e. The third kappa shape index (κ3) is 9.24. The van der Waals surface area contributed by atoms with Crippen LogP contribution in [0, 0.1) is 11.8 Å². The number of aliphatic carboxylic acids is 1. The van der Waals surface area contributed by atoms with Gasteiger partial charge in [-0.25, -0.2) is 9.59 Å². The lowest BCUT2D eigenvalue weighted by Crippen LogP contribution is -2.48. The highest BCUT2D eigenvalue weighted by molar-refractivity contribution is 5.87. The molecule has 0 fully saturated rings. The molecule has 0 unspecified atom stereocenters. The molecule has 0 aromatic heterocycles. The Bertz CT molecular complexity index is 1020. The van der Waals surface area contributed by atoms with Crippen LogP contribution >= 0.6 is 0 Å². The van der Waals surface area contributed by atoms with E-state index in [1.54, 1.807) is 6.92 Å². The van der Waals surface area contributed by atoms with Gasteiger partial charge in [-0.3, -0.25) is 9.59 Å². The number of nitrogens with one attached hydrogen (secondary N) is 3. The lowest BCUT2D eigenvalue weighted by Gasteiger charge is -2.20. The van der Waals surface area contributed by atoms with E-state index < -0.39 is 36.5 Å². The number of carboxylic acid groups (broad SMARTS) is 1. The molecule has 2 aromatic carbocycles. The van der Waals surface area contributed by atoms with Gasteiger partial charge in [-0.05, 0) is 28.7 Å². The van der Waals surface area contributed by atoms with E-state index in [9.17, 15) is 29.4 Å². The van der Waals surface area contributed by atoms with Gasteiger partial charge >= 0.3 is 18.0 Å². The summed E-state index contributed by atoms with van der Waals surface area (Å²) in [6.07, 6.45) is 0.380. The number of esters is 1. The van der Waals surface area contributed by atoms with Crippen molar-refractivity contribution in [2.75, 3.05) is 26.3 Å². The van der Waals surface area contributed by atoms with Crippen molar-refractivity contribution in [3.8, 4) is 0 Å².